The SMILES string of the molecule is COC(=O)c1c(C[NH+](C)Cc2ccc3c(c2)OCO3)nc2ccccc2c1C. The van der Waals surface area contributed by atoms with Crippen molar-refractivity contribution in [2.24, 2.45) is 0 Å². The second kappa shape index (κ2) is 7.48. The van der Waals surface area contributed by atoms with Gasteiger partial charge in [0.1, 0.15) is 18.8 Å². The van der Waals surface area contributed by atoms with Gasteiger partial charge in [-0.15, -0.1) is 0 Å². The van der Waals surface area contributed by atoms with Crippen LogP contribution in [0.5, 0.6) is 11.5 Å². The highest BCUT2D eigenvalue weighted by atomic mass is 16.7. The number of methoxy groups -OCH3 is 1. The standard InChI is InChI=1S/C22H22N2O4/c1-14-16-6-4-5-7-17(16)23-18(21(14)22(25)26-3)12-24(2)11-15-8-9-19-20(10-15)28-13-27-19/h4-10H,11-13H2,1-3H3/p+1. The van der Waals surface area contributed by atoms with Crippen molar-refractivity contribution in [2.75, 3.05) is 21.0 Å². The predicted octanol–water partition coefficient (Wildman–Crippen LogP) is 2.27. The van der Waals surface area contributed by atoms with Crippen LogP contribution in [-0.4, -0.2) is 31.9 Å². The topological polar surface area (TPSA) is 62.1 Å². The number of aryl methyl sites for hydroxylation is 1. The molecule has 2 heterocycles. The zero-order valence-electron chi connectivity index (χ0n) is 16.2. The molecule has 28 heavy (non-hydrogen) atoms. The molecule has 0 spiro atoms. The van der Waals surface area contributed by atoms with Crippen LogP contribution >= 0.6 is 0 Å². The molecule has 6 heteroatoms. The normalized spacial score (nSPS) is 13.5. The fourth-order valence-electron chi connectivity index (χ4n) is 3.69. The smallest absolute Gasteiger partial charge is 0.340 e. The van der Waals surface area contributed by atoms with Crippen molar-refractivity contribution in [1.29, 1.82) is 0 Å². The number of fused-ring (bicyclic) bond motifs is 2. The van der Waals surface area contributed by atoms with Gasteiger partial charge in [-0.2, -0.15) is 0 Å². The number of nitrogens with one attached hydrogen (secondary N) is 1. The zero-order valence-corrected chi connectivity index (χ0v) is 16.2. The number of pyridine rings is 1. The lowest BCUT2D eigenvalue weighted by Crippen LogP contribution is -3.06. The molecule has 0 bridgehead atoms. The number of aromatic nitrogens is 1. The highest BCUT2D eigenvalue weighted by Gasteiger charge is 2.22. The Balaban J connectivity index is 1.63. The summed E-state index contributed by atoms with van der Waals surface area (Å²) in [7, 11) is 3.49. The van der Waals surface area contributed by atoms with Gasteiger partial charge >= 0.3 is 5.97 Å². The van der Waals surface area contributed by atoms with E-state index in [4.69, 9.17) is 19.2 Å². The van der Waals surface area contributed by atoms with Gasteiger partial charge in [-0.1, -0.05) is 18.2 Å². The fraction of sp³-hybridized carbons (Fsp3) is 0.273. The van der Waals surface area contributed by atoms with E-state index >= 15 is 0 Å². The number of para-hydroxylation sites is 1. The molecule has 1 unspecified atom stereocenters. The Kier molecular flexibility index (Phi) is 4.88. The lowest BCUT2D eigenvalue weighted by molar-refractivity contribution is -0.908. The minimum Gasteiger partial charge on any atom is -0.465 e. The van der Waals surface area contributed by atoms with Gasteiger partial charge in [-0.05, 0) is 36.8 Å². The molecule has 1 aromatic heterocycles. The first-order valence-corrected chi connectivity index (χ1v) is 9.23. The average molecular weight is 379 g/mol. The number of rotatable bonds is 5. The van der Waals surface area contributed by atoms with Crippen LogP contribution in [0.1, 0.15) is 27.2 Å². The van der Waals surface area contributed by atoms with E-state index in [1.807, 2.05) is 49.4 Å². The maximum Gasteiger partial charge on any atom is 0.340 e. The van der Waals surface area contributed by atoms with Crippen LogP contribution in [0.25, 0.3) is 10.9 Å². The molecule has 1 N–H and O–H groups in total. The van der Waals surface area contributed by atoms with Crippen molar-refractivity contribution in [2.45, 2.75) is 20.0 Å². The summed E-state index contributed by atoms with van der Waals surface area (Å²) in [6, 6.07) is 13.8. The number of quaternary nitrogens is 1. The summed E-state index contributed by atoms with van der Waals surface area (Å²) in [5.74, 6) is 1.21. The predicted molar refractivity (Wildman–Crippen MR) is 105 cm³/mol. The quantitative estimate of drug-likeness (QED) is 0.689. The van der Waals surface area contributed by atoms with Crippen LogP contribution < -0.4 is 14.4 Å². The number of carbonyl (C=O) groups is 1. The second-order valence-corrected chi connectivity index (χ2v) is 7.07. The average Bonchev–Trinajstić information content (AvgIpc) is 3.15. The molecule has 0 fully saturated rings. The Hall–Kier alpha value is -3.12. The summed E-state index contributed by atoms with van der Waals surface area (Å²) in [5, 5.41) is 0.972. The molecule has 6 nitrogen and oxygen atoms in total. The van der Waals surface area contributed by atoms with Gasteiger partial charge in [0.2, 0.25) is 6.79 Å². The Labute approximate surface area is 163 Å². The molecular formula is C22H23N2O4+. The van der Waals surface area contributed by atoms with Crippen LogP contribution in [-0.2, 0) is 17.8 Å². The van der Waals surface area contributed by atoms with Crippen molar-refractivity contribution in [1.82, 2.24) is 4.98 Å². The first-order valence-electron chi connectivity index (χ1n) is 9.23. The van der Waals surface area contributed by atoms with Gasteiger partial charge in [0.15, 0.2) is 11.5 Å². The molecule has 2 aromatic carbocycles. The molecule has 144 valence electrons. The molecule has 1 aliphatic rings. The number of carbonyl (C=O) groups excluding carboxylic acids is 1. The van der Waals surface area contributed by atoms with Crippen LogP contribution in [0, 0.1) is 6.92 Å². The summed E-state index contributed by atoms with van der Waals surface area (Å²) in [4.78, 5) is 18.4. The number of ether oxygens (including phenoxy) is 3. The Morgan fingerprint density at radius 2 is 1.93 bits per heavy atom. The van der Waals surface area contributed by atoms with Crippen molar-refractivity contribution < 1.29 is 23.9 Å². The summed E-state index contributed by atoms with van der Waals surface area (Å²) in [6.45, 7) is 3.59. The largest absolute Gasteiger partial charge is 0.465 e. The molecule has 0 amide bonds. The summed E-state index contributed by atoms with van der Waals surface area (Å²) >= 11 is 0. The first-order chi connectivity index (χ1) is 13.6. The van der Waals surface area contributed by atoms with Gasteiger partial charge in [0, 0.05) is 10.9 Å². The van der Waals surface area contributed by atoms with Gasteiger partial charge in [-0.3, -0.25) is 0 Å². The van der Waals surface area contributed by atoms with E-state index in [1.54, 1.807) is 0 Å². The van der Waals surface area contributed by atoms with Crippen molar-refractivity contribution >= 4 is 16.9 Å². The number of hydrogen-bond acceptors (Lipinski definition) is 5. The highest BCUT2D eigenvalue weighted by Crippen LogP contribution is 2.32. The van der Waals surface area contributed by atoms with Crippen LogP contribution in [0.2, 0.25) is 0 Å². The summed E-state index contributed by atoms with van der Waals surface area (Å²) in [5.41, 5.74) is 4.24. The molecule has 0 saturated carbocycles. The number of nitrogens with zero attached hydrogens (tertiary/aromatic N) is 1. The molecule has 0 aliphatic carbocycles. The minimum absolute atomic E-state index is 0.268. The van der Waals surface area contributed by atoms with Crippen LogP contribution in [0.3, 0.4) is 0 Å². The van der Waals surface area contributed by atoms with Crippen molar-refractivity contribution in [3.05, 3.63) is 64.8 Å². The summed E-state index contributed by atoms with van der Waals surface area (Å²) in [6.07, 6.45) is 0. The first kappa shape index (κ1) is 18.3. The van der Waals surface area contributed by atoms with Crippen LogP contribution in [0.4, 0.5) is 0 Å². The van der Waals surface area contributed by atoms with E-state index in [-0.39, 0.29) is 12.8 Å². The molecular weight excluding hydrogens is 356 g/mol. The van der Waals surface area contributed by atoms with Gasteiger partial charge in [0.05, 0.1) is 25.2 Å². The van der Waals surface area contributed by atoms with E-state index in [9.17, 15) is 4.79 Å². The summed E-state index contributed by atoms with van der Waals surface area (Å²) < 4.78 is 15.9. The Morgan fingerprint density at radius 1 is 1.14 bits per heavy atom. The van der Waals surface area contributed by atoms with Crippen LogP contribution in [0.15, 0.2) is 42.5 Å². The van der Waals surface area contributed by atoms with Gasteiger partial charge in [0.25, 0.3) is 0 Å². The Morgan fingerprint density at radius 3 is 2.75 bits per heavy atom. The maximum atomic E-state index is 12.5. The van der Waals surface area contributed by atoms with E-state index < -0.39 is 0 Å². The molecule has 4 rings (SSSR count). The van der Waals surface area contributed by atoms with Gasteiger partial charge < -0.3 is 19.1 Å². The van der Waals surface area contributed by atoms with E-state index in [1.165, 1.54) is 12.0 Å². The Bertz CT molecular complexity index is 1050. The van der Waals surface area contributed by atoms with Crippen molar-refractivity contribution in [3.63, 3.8) is 0 Å². The second-order valence-electron chi connectivity index (χ2n) is 7.07. The molecule has 0 saturated heterocycles. The van der Waals surface area contributed by atoms with E-state index in [2.05, 4.69) is 7.05 Å². The monoisotopic (exact) mass is 379 g/mol. The molecule has 0 radical (unpaired) electrons. The molecule has 3 aromatic rings. The molecule has 1 atom stereocenters. The number of hydrogen-bond donors (Lipinski definition) is 1. The number of benzene rings is 2. The van der Waals surface area contributed by atoms with E-state index in [0.717, 1.165) is 45.8 Å². The maximum absolute atomic E-state index is 12.5. The fourth-order valence-corrected chi connectivity index (χ4v) is 3.69. The number of esters is 1. The third-order valence-corrected chi connectivity index (χ3v) is 5.03. The third-order valence-electron chi connectivity index (χ3n) is 5.03. The minimum atomic E-state index is -0.346. The molecule has 1 aliphatic heterocycles. The lowest BCUT2D eigenvalue weighted by Gasteiger charge is -2.18. The van der Waals surface area contributed by atoms with Crippen molar-refractivity contribution in [3.8, 4) is 11.5 Å². The highest BCUT2D eigenvalue weighted by molar-refractivity contribution is 5.98. The van der Waals surface area contributed by atoms with E-state index in [0.29, 0.717) is 12.1 Å². The third kappa shape index (κ3) is 3.39. The zero-order chi connectivity index (χ0) is 19.7. The lowest BCUT2D eigenvalue weighted by atomic mass is 10.0. The van der Waals surface area contributed by atoms with Gasteiger partial charge in [-0.25, -0.2) is 9.78 Å².